The Kier molecular flexibility index (Phi) is 4.61. The first-order valence-corrected chi connectivity index (χ1v) is 7.37. The van der Waals surface area contributed by atoms with Crippen molar-refractivity contribution >= 4 is 11.8 Å². The Labute approximate surface area is 115 Å². The van der Waals surface area contributed by atoms with Crippen molar-refractivity contribution in [3.63, 3.8) is 0 Å². The summed E-state index contributed by atoms with van der Waals surface area (Å²) in [5.74, 6) is 0.533. The highest BCUT2D eigenvalue weighted by atomic mass is 16.2. The van der Waals surface area contributed by atoms with Crippen molar-refractivity contribution in [2.45, 2.75) is 58.4 Å². The second-order valence-electron chi connectivity index (χ2n) is 5.98. The Morgan fingerprint density at radius 2 is 2.21 bits per heavy atom. The summed E-state index contributed by atoms with van der Waals surface area (Å²) in [7, 11) is 0. The first-order chi connectivity index (χ1) is 9.08. The van der Waals surface area contributed by atoms with E-state index in [1.807, 2.05) is 0 Å². The molecule has 2 N–H and O–H groups in total. The van der Waals surface area contributed by atoms with E-state index >= 15 is 0 Å². The Morgan fingerprint density at radius 3 is 2.95 bits per heavy atom. The molecule has 19 heavy (non-hydrogen) atoms. The summed E-state index contributed by atoms with van der Waals surface area (Å²) in [4.78, 5) is 23.8. The SMILES string of the molecule is CC(C)CCNC(=O)CC1=C2CCCCC2NC1=O. The monoisotopic (exact) mass is 264 g/mol. The van der Waals surface area contributed by atoms with Crippen LogP contribution in [0.15, 0.2) is 11.1 Å². The fourth-order valence-corrected chi connectivity index (χ4v) is 2.84. The van der Waals surface area contributed by atoms with Gasteiger partial charge in [0.15, 0.2) is 0 Å². The van der Waals surface area contributed by atoms with Crippen LogP contribution in [-0.2, 0) is 9.59 Å². The number of nitrogens with one attached hydrogen (secondary N) is 2. The van der Waals surface area contributed by atoms with Crippen LogP contribution < -0.4 is 10.6 Å². The minimum Gasteiger partial charge on any atom is -0.356 e. The van der Waals surface area contributed by atoms with E-state index in [4.69, 9.17) is 0 Å². The van der Waals surface area contributed by atoms with Gasteiger partial charge in [-0.05, 0) is 37.2 Å². The third kappa shape index (κ3) is 3.58. The van der Waals surface area contributed by atoms with Crippen LogP contribution in [0.1, 0.15) is 52.4 Å². The predicted molar refractivity (Wildman–Crippen MR) is 74.5 cm³/mol. The van der Waals surface area contributed by atoms with E-state index in [0.29, 0.717) is 12.5 Å². The molecular formula is C15H24N2O2. The number of carbonyl (C=O) groups excluding carboxylic acids is 2. The van der Waals surface area contributed by atoms with Crippen LogP contribution in [0.3, 0.4) is 0 Å². The van der Waals surface area contributed by atoms with Gasteiger partial charge in [-0.15, -0.1) is 0 Å². The zero-order valence-electron chi connectivity index (χ0n) is 11.9. The van der Waals surface area contributed by atoms with Gasteiger partial charge in [0.2, 0.25) is 11.8 Å². The van der Waals surface area contributed by atoms with Gasteiger partial charge in [-0.3, -0.25) is 9.59 Å². The lowest BCUT2D eigenvalue weighted by atomic mass is 9.88. The topological polar surface area (TPSA) is 58.2 Å². The Bertz CT molecular complexity index is 399. The van der Waals surface area contributed by atoms with Crippen molar-refractivity contribution in [3.05, 3.63) is 11.1 Å². The molecular weight excluding hydrogens is 240 g/mol. The van der Waals surface area contributed by atoms with Crippen LogP contribution in [0, 0.1) is 5.92 Å². The first kappa shape index (κ1) is 14.1. The second-order valence-corrected chi connectivity index (χ2v) is 5.98. The van der Waals surface area contributed by atoms with Gasteiger partial charge in [0.1, 0.15) is 0 Å². The van der Waals surface area contributed by atoms with Crippen LogP contribution >= 0.6 is 0 Å². The molecule has 2 aliphatic rings. The van der Waals surface area contributed by atoms with Crippen molar-refractivity contribution < 1.29 is 9.59 Å². The molecule has 0 radical (unpaired) electrons. The molecule has 1 unspecified atom stereocenters. The lowest BCUT2D eigenvalue weighted by molar-refractivity contribution is -0.123. The molecule has 1 aliphatic heterocycles. The highest BCUT2D eigenvalue weighted by Crippen LogP contribution is 2.32. The number of hydrogen-bond acceptors (Lipinski definition) is 2. The maximum absolute atomic E-state index is 11.9. The molecule has 106 valence electrons. The van der Waals surface area contributed by atoms with Crippen molar-refractivity contribution in [3.8, 4) is 0 Å². The molecule has 0 aromatic carbocycles. The van der Waals surface area contributed by atoms with Crippen LogP contribution in [0.4, 0.5) is 0 Å². The van der Waals surface area contributed by atoms with E-state index in [-0.39, 0.29) is 24.3 Å². The zero-order chi connectivity index (χ0) is 13.8. The van der Waals surface area contributed by atoms with E-state index in [2.05, 4.69) is 24.5 Å². The van der Waals surface area contributed by atoms with Gasteiger partial charge in [-0.1, -0.05) is 20.3 Å². The highest BCUT2D eigenvalue weighted by molar-refractivity contribution is 6.02. The molecule has 1 saturated carbocycles. The Morgan fingerprint density at radius 1 is 1.42 bits per heavy atom. The van der Waals surface area contributed by atoms with Gasteiger partial charge >= 0.3 is 0 Å². The number of amides is 2. The van der Waals surface area contributed by atoms with E-state index in [1.165, 1.54) is 12.0 Å². The molecule has 1 aliphatic carbocycles. The van der Waals surface area contributed by atoms with Crippen molar-refractivity contribution in [1.82, 2.24) is 10.6 Å². The summed E-state index contributed by atoms with van der Waals surface area (Å²) in [6, 6.07) is 0.208. The van der Waals surface area contributed by atoms with Gasteiger partial charge in [-0.25, -0.2) is 0 Å². The molecule has 0 spiro atoms. The zero-order valence-corrected chi connectivity index (χ0v) is 11.9. The summed E-state index contributed by atoms with van der Waals surface area (Å²) in [6.45, 7) is 4.96. The molecule has 0 aromatic rings. The molecule has 4 heteroatoms. The normalized spacial score (nSPS) is 22.5. The Balaban J connectivity index is 1.90. The molecule has 2 amide bonds. The van der Waals surface area contributed by atoms with E-state index in [0.717, 1.165) is 31.3 Å². The van der Waals surface area contributed by atoms with E-state index in [9.17, 15) is 9.59 Å². The maximum atomic E-state index is 11.9. The minimum absolute atomic E-state index is 0.0236. The van der Waals surface area contributed by atoms with Crippen LogP contribution in [0.5, 0.6) is 0 Å². The molecule has 0 saturated heterocycles. The van der Waals surface area contributed by atoms with Crippen LogP contribution in [0.2, 0.25) is 0 Å². The molecule has 1 heterocycles. The lowest BCUT2D eigenvalue weighted by Gasteiger charge is -2.20. The number of rotatable bonds is 5. The number of carbonyl (C=O) groups is 2. The summed E-state index contributed by atoms with van der Waals surface area (Å²) >= 11 is 0. The average molecular weight is 264 g/mol. The summed E-state index contributed by atoms with van der Waals surface area (Å²) in [6.07, 6.45) is 5.53. The van der Waals surface area contributed by atoms with Crippen LogP contribution in [-0.4, -0.2) is 24.4 Å². The highest BCUT2D eigenvalue weighted by Gasteiger charge is 2.33. The molecule has 2 rings (SSSR count). The van der Waals surface area contributed by atoms with Crippen molar-refractivity contribution in [1.29, 1.82) is 0 Å². The van der Waals surface area contributed by atoms with Gasteiger partial charge in [0.25, 0.3) is 0 Å². The van der Waals surface area contributed by atoms with Crippen molar-refractivity contribution in [2.75, 3.05) is 6.54 Å². The van der Waals surface area contributed by atoms with Gasteiger partial charge in [0, 0.05) is 12.1 Å². The van der Waals surface area contributed by atoms with E-state index in [1.54, 1.807) is 0 Å². The fourth-order valence-electron chi connectivity index (χ4n) is 2.84. The molecule has 1 atom stereocenters. The van der Waals surface area contributed by atoms with Crippen LogP contribution in [0.25, 0.3) is 0 Å². The van der Waals surface area contributed by atoms with Crippen molar-refractivity contribution in [2.24, 2.45) is 5.92 Å². The number of hydrogen-bond donors (Lipinski definition) is 2. The third-order valence-electron chi connectivity index (χ3n) is 3.96. The molecule has 1 fully saturated rings. The summed E-state index contributed by atoms with van der Waals surface area (Å²) in [5, 5.41) is 5.90. The smallest absolute Gasteiger partial charge is 0.248 e. The summed E-state index contributed by atoms with van der Waals surface area (Å²) in [5.41, 5.74) is 1.92. The fraction of sp³-hybridized carbons (Fsp3) is 0.733. The van der Waals surface area contributed by atoms with Gasteiger partial charge < -0.3 is 10.6 Å². The quantitative estimate of drug-likeness (QED) is 0.797. The number of fused-ring (bicyclic) bond motifs is 1. The predicted octanol–water partition coefficient (Wildman–Crippen LogP) is 1.91. The standard InChI is InChI=1S/C15H24N2O2/c1-10(2)7-8-16-14(18)9-12-11-5-3-4-6-13(11)17-15(12)19/h10,13H,3-9H2,1-2H3,(H,16,18)(H,17,19). The minimum atomic E-state index is -0.0269. The average Bonchev–Trinajstić information content (AvgIpc) is 2.66. The summed E-state index contributed by atoms with van der Waals surface area (Å²) < 4.78 is 0. The van der Waals surface area contributed by atoms with Gasteiger partial charge in [0.05, 0.1) is 12.5 Å². The lowest BCUT2D eigenvalue weighted by Crippen LogP contribution is -2.30. The third-order valence-corrected chi connectivity index (χ3v) is 3.96. The molecule has 0 bridgehead atoms. The molecule has 4 nitrogen and oxygen atoms in total. The van der Waals surface area contributed by atoms with Gasteiger partial charge in [-0.2, -0.15) is 0 Å². The largest absolute Gasteiger partial charge is 0.356 e. The molecule has 0 aromatic heterocycles. The Hall–Kier alpha value is -1.32. The first-order valence-electron chi connectivity index (χ1n) is 7.37. The maximum Gasteiger partial charge on any atom is 0.248 e. The van der Waals surface area contributed by atoms with E-state index < -0.39 is 0 Å². The second kappa shape index (κ2) is 6.22.